The summed E-state index contributed by atoms with van der Waals surface area (Å²) in [6.45, 7) is 10.4. The summed E-state index contributed by atoms with van der Waals surface area (Å²) < 4.78 is 5.53. The highest BCUT2D eigenvalue weighted by molar-refractivity contribution is 6.31. The molecule has 0 atom stereocenters. The Hall–Kier alpha value is -2.31. The highest BCUT2D eigenvalue weighted by Gasteiger charge is 2.25. The summed E-state index contributed by atoms with van der Waals surface area (Å²) in [5, 5.41) is 3.46. The van der Waals surface area contributed by atoms with E-state index in [0.717, 1.165) is 55.1 Å². The van der Waals surface area contributed by atoms with Gasteiger partial charge in [-0.05, 0) is 69.4 Å². The number of H-pyrrole nitrogens is 1. The number of rotatable bonds is 7. The molecule has 0 spiro atoms. The third kappa shape index (κ3) is 5.31. The van der Waals surface area contributed by atoms with Crippen molar-refractivity contribution in [3.05, 3.63) is 61.5 Å². The van der Waals surface area contributed by atoms with E-state index in [9.17, 15) is 9.59 Å². The zero-order valence-electron chi connectivity index (χ0n) is 18.8. The summed E-state index contributed by atoms with van der Waals surface area (Å²) in [4.78, 5) is 30.6. The van der Waals surface area contributed by atoms with Crippen LogP contribution in [0.25, 0.3) is 0 Å². The van der Waals surface area contributed by atoms with E-state index in [1.54, 1.807) is 6.07 Å². The number of aryl methyl sites for hydroxylation is 2. The zero-order chi connectivity index (χ0) is 22.5. The van der Waals surface area contributed by atoms with E-state index in [-0.39, 0.29) is 18.0 Å². The van der Waals surface area contributed by atoms with Crippen molar-refractivity contribution in [2.75, 3.05) is 24.7 Å². The highest BCUT2D eigenvalue weighted by Crippen LogP contribution is 2.32. The molecule has 0 radical (unpaired) electrons. The van der Waals surface area contributed by atoms with E-state index >= 15 is 0 Å². The number of carbonyl (C=O) groups excluding carboxylic acids is 1. The van der Waals surface area contributed by atoms with E-state index in [1.165, 1.54) is 0 Å². The molecule has 1 amide bonds. The standard InChI is InChI=1S/C24H32ClN3O3/c1-5-19-20(23(29)26-14-21-15(3)11-16(4)27-24(21)30)12-17(25)13-22(19)28(6-2)18-7-9-31-10-8-18/h11-13,18H,5-10,14H2,1-4H3,(H,26,29)(H,27,30). The molecule has 0 unspecified atom stereocenters. The van der Waals surface area contributed by atoms with Gasteiger partial charge in [-0.3, -0.25) is 9.59 Å². The number of nitrogens with one attached hydrogen (secondary N) is 2. The van der Waals surface area contributed by atoms with Crippen LogP contribution >= 0.6 is 11.6 Å². The topological polar surface area (TPSA) is 74.4 Å². The summed E-state index contributed by atoms with van der Waals surface area (Å²) in [5.41, 5.74) is 4.62. The maximum Gasteiger partial charge on any atom is 0.253 e. The first-order valence-electron chi connectivity index (χ1n) is 11.0. The van der Waals surface area contributed by atoms with Gasteiger partial charge in [-0.25, -0.2) is 0 Å². The predicted molar refractivity (Wildman–Crippen MR) is 125 cm³/mol. The number of hydrogen-bond acceptors (Lipinski definition) is 4. The largest absolute Gasteiger partial charge is 0.381 e. The molecule has 31 heavy (non-hydrogen) atoms. The second kappa shape index (κ2) is 10.3. The van der Waals surface area contributed by atoms with Gasteiger partial charge in [-0.1, -0.05) is 18.5 Å². The predicted octanol–water partition coefficient (Wildman–Crippen LogP) is 4.14. The van der Waals surface area contributed by atoms with Crippen molar-refractivity contribution in [1.29, 1.82) is 0 Å². The number of aromatic amines is 1. The van der Waals surface area contributed by atoms with Crippen LogP contribution in [0.3, 0.4) is 0 Å². The number of aromatic nitrogens is 1. The van der Waals surface area contributed by atoms with Gasteiger partial charge in [-0.15, -0.1) is 0 Å². The van der Waals surface area contributed by atoms with Crippen molar-refractivity contribution in [3.63, 3.8) is 0 Å². The Morgan fingerprint density at radius 1 is 1.19 bits per heavy atom. The van der Waals surface area contributed by atoms with Crippen LogP contribution in [0.15, 0.2) is 23.0 Å². The third-order valence-corrected chi connectivity index (χ3v) is 6.21. The van der Waals surface area contributed by atoms with Gasteiger partial charge in [0.15, 0.2) is 0 Å². The van der Waals surface area contributed by atoms with Gasteiger partial charge in [0.2, 0.25) is 0 Å². The molecule has 1 saturated heterocycles. The average molecular weight is 446 g/mol. The number of carbonyl (C=O) groups is 1. The lowest BCUT2D eigenvalue weighted by Crippen LogP contribution is -2.40. The molecule has 3 rings (SSSR count). The Morgan fingerprint density at radius 3 is 2.52 bits per heavy atom. The molecular weight excluding hydrogens is 414 g/mol. The number of benzene rings is 1. The molecule has 6 nitrogen and oxygen atoms in total. The van der Waals surface area contributed by atoms with E-state index in [0.29, 0.717) is 28.6 Å². The molecule has 168 valence electrons. The maximum absolute atomic E-state index is 13.2. The van der Waals surface area contributed by atoms with E-state index in [1.807, 2.05) is 26.0 Å². The minimum Gasteiger partial charge on any atom is -0.381 e. The minimum atomic E-state index is -0.219. The summed E-state index contributed by atoms with van der Waals surface area (Å²) in [5.74, 6) is -0.219. The first kappa shape index (κ1) is 23.4. The van der Waals surface area contributed by atoms with Gasteiger partial charge in [0.05, 0.1) is 0 Å². The fourth-order valence-electron chi connectivity index (χ4n) is 4.44. The molecule has 0 bridgehead atoms. The molecule has 2 aromatic rings. The number of hydrogen-bond donors (Lipinski definition) is 2. The fraction of sp³-hybridized carbons (Fsp3) is 0.500. The molecule has 1 aromatic carbocycles. The molecule has 0 aliphatic carbocycles. The number of halogens is 1. The van der Waals surface area contributed by atoms with Gasteiger partial charge in [0.1, 0.15) is 0 Å². The Bertz CT molecular complexity index is 996. The summed E-state index contributed by atoms with van der Waals surface area (Å²) in [6.07, 6.45) is 2.63. The number of pyridine rings is 1. The van der Waals surface area contributed by atoms with Crippen LogP contribution in [0, 0.1) is 13.8 Å². The second-order valence-corrected chi connectivity index (χ2v) is 8.50. The second-order valence-electron chi connectivity index (χ2n) is 8.06. The zero-order valence-corrected chi connectivity index (χ0v) is 19.6. The van der Waals surface area contributed by atoms with Crippen molar-refractivity contribution in [1.82, 2.24) is 10.3 Å². The van der Waals surface area contributed by atoms with E-state index in [4.69, 9.17) is 16.3 Å². The Morgan fingerprint density at radius 2 is 1.90 bits per heavy atom. The highest BCUT2D eigenvalue weighted by atomic mass is 35.5. The smallest absolute Gasteiger partial charge is 0.253 e. The van der Waals surface area contributed by atoms with Crippen molar-refractivity contribution >= 4 is 23.2 Å². The average Bonchev–Trinajstić information content (AvgIpc) is 2.73. The van der Waals surface area contributed by atoms with Crippen molar-refractivity contribution in [2.45, 2.75) is 59.5 Å². The lowest BCUT2D eigenvalue weighted by atomic mass is 9.98. The third-order valence-electron chi connectivity index (χ3n) is 5.99. The minimum absolute atomic E-state index is 0.169. The quantitative estimate of drug-likeness (QED) is 0.671. The fourth-order valence-corrected chi connectivity index (χ4v) is 4.65. The summed E-state index contributed by atoms with van der Waals surface area (Å²) in [6, 6.07) is 5.96. The van der Waals surface area contributed by atoms with Gasteiger partial charge in [0.25, 0.3) is 11.5 Å². The van der Waals surface area contributed by atoms with Gasteiger partial charge in [0, 0.05) is 59.9 Å². The molecule has 0 saturated carbocycles. The number of ether oxygens (including phenoxy) is 1. The van der Waals surface area contributed by atoms with Crippen LogP contribution in [0.4, 0.5) is 5.69 Å². The van der Waals surface area contributed by atoms with Crippen LogP contribution < -0.4 is 15.8 Å². The molecule has 7 heteroatoms. The van der Waals surface area contributed by atoms with E-state index < -0.39 is 0 Å². The van der Waals surface area contributed by atoms with Gasteiger partial charge < -0.3 is 19.9 Å². The molecule has 1 aromatic heterocycles. The molecule has 1 fully saturated rings. The summed E-state index contributed by atoms with van der Waals surface area (Å²) in [7, 11) is 0. The number of anilines is 1. The molecule has 1 aliphatic rings. The lowest BCUT2D eigenvalue weighted by molar-refractivity contribution is 0.0845. The van der Waals surface area contributed by atoms with Crippen LogP contribution in [0.5, 0.6) is 0 Å². The van der Waals surface area contributed by atoms with Gasteiger partial charge in [-0.2, -0.15) is 0 Å². The first-order chi connectivity index (χ1) is 14.8. The van der Waals surface area contributed by atoms with Gasteiger partial charge >= 0.3 is 0 Å². The molecular formula is C24H32ClN3O3. The van der Waals surface area contributed by atoms with E-state index in [2.05, 4.69) is 29.0 Å². The monoisotopic (exact) mass is 445 g/mol. The van der Waals surface area contributed by atoms with Crippen LogP contribution in [0.2, 0.25) is 5.02 Å². The lowest BCUT2D eigenvalue weighted by Gasteiger charge is -2.37. The van der Waals surface area contributed by atoms with Crippen LogP contribution in [-0.4, -0.2) is 36.7 Å². The summed E-state index contributed by atoms with van der Waals surface area (Å²) >= 11 is 6.46. The van der Waals surface area contributed by atoms with Crippen molar-refractivity contribution in [3.8, 4) is 0 Å². The van der Waals surface area contributed by atoms with Crippen LogP contribution in [0.1, 0.15) is 59.4 Å². The molecule has 2 heterocycles. The Balaban J connectivity index is 1.90. The number of amides is 1. The first-order valence-corrected chi connectivity index (χ1v) is 11.4. The Labute approximate surface area is 188 Å². The molecule has 2 N–H and O–H groups in total. The SMILES string of the molecule is CCc1c(C(=O)NCc2c(C)cc(C)[nH]c2=O)cc(Cl)cc1N(CC)C1CCOCC1. The maximum atomic E-state index is 13.2. The number of nitrogens with zero attached hydrogens (tertiary/aromatic N) is 1. The van der Waals surface area contributed by atoms with Crippen LogP contribution in [-0.2, 0) is 17.7 Å². The normalized spacial score (nSPS) is 14.5. The van der Waals surface area contributed by atoms with Crippen molar-refractivity contribution in [2.24, 2.45) is 0 Å². The molecule has 1 aliphatic heterocycles. The van der Waals surface area contributed by atoms with Crippen molar-refractivity contribution < 1.29 is 9.53 Å². The Kier molecular flexibility index (Phi) is 7.79.